The smallest absolute Gasteiger partial charge is 0.349 e. The number of ether oxygens (including phenoxy) is 1. The number of H-pyrrole nitrogens is 1. The standard InChI is InChI=1S/C18H29IN2O5Si/c1-10-8-21(16(23)20-14(10)22)15-12(19)13-11(25-15)9-24-27(26-13,17(2,3)4)18(5,6)7/h8,11-13,15H,9H2,1-7H3,(H,20,22,23)/t11-,12-,13-,15-/m1/s1. The highest BCUT2D eigenvalue weighted by Gasteiger charge is 2.64. The fourth-order valence-electron chi connectivity index (χ4n) is 4.30. The molecule has 9 heteroatoms. The minimum Gasteiger partial charge on any atom is -0.391 e. The minimum atomic E-state index is -2.61. The SMILES string of the molecule is Cc1cn([C@@H]2O[C@@H]3CO[Si](C(C)(C)C)(C(C)(C)C)O[C@H]3[C@H]2I)c(=O)[nH]c1=O. The fraction of sp³-hybridized carbons (Fsp3) is 0.778. The van der Waals surface area contributed by atoms with Crippen LogP contribution in [0.4, 0.5) is 0 Å². The first-order valence-electron chi connectivity index (χ1n) is 9.22. The van der Waals surface area contributed by atoms with E-state index in [0.717, 1.165) is 0 Å². The van der Waals surface area contributed by atoms with Crippen LogP contribution in [0, 0.1) is 6.92 Å². The Bertz CT molecular complexity index is 824. The summed E-state index contributed by atoms with van der Waals surface area (Å²) < 4.78 is 20.8. The highest BCUT2D eigenvalue weighted by atomic mass is 127. The third-order valence-electron chi connectivity index (χ3n) is 5.41. The molecule has 1 N–H and O–H groups in total. The molecule has 2 fully saturated rings. The molecule has 0 bridgehead atoms. The molecule has 3 heterocycles. The number of aromatic nitrogens is 2. The zero-order chi connectivity index (χ0) is 20.4. The van der Waals surface area contributed by atoms with E-state index in [1.54, 1.807) is 13.1 Å². The van der Waals surface area contributed by atoms with E-state index < -0.39 is 20.5 Å². The van der Waals surface area contributed by atoms with Gasteiger partial charge in [0.2, 0.25) is 0 Å². The Kier molecular flexibility index (Phi) is 5.33. The van der Waals surface area contributed by atoms with Crippen LogP contribution in [0.2, 0.25) is 10.1 Å². The van der Waals surface area contributed by atoms with E-state index in [-0.39, 0.29) is 31.8 Å². The Hall–Kier alpha value is -0.493. The second kappa shape index (κ2) is 6.79. The Balaban J connectivity index is 1.97. The van der Waals surface area contributed by atoms with E-state index in [1.807, 2.05) is 0 Å². The van der Waals surface area contributed by atoms with E-state index in [4.69, 9.17) is 13.6 Å². The number of hydrogen-bond acceptors (Lipinski definition) is 5. The van der Waals surface area contributed by atoms with Gasteiger partial charge in [0.1, 0.15) is 6.10 Å². The Morgan fingerprint density at radius 2 is 1.78 bits per heavy atom. The van der Waals surface area contributed by atoms with Gasteiger partial charge in [0.25, 0.3) is 5.56 Å². The van der Waals surface area contributed by atoms with Crippen LogP contribution in [-0.4, -0.2) is 40.9 Å². The monoisotopic (exact) mass is 508 g/mol. The third-order valence-corrected chi connectivity index (χ3v) is 11.9. The molecule has 0 aromatic carbocycles. The summed E-state index contributed by atoms with van der Waals surface area (Å²) in [6.45, 7) is 15.2. The van der Waals surface area contributed by atoms with Crippen molar-refractivity contribution in [2.24, 2.45) is 0 Å². The molecule has 0 saturated carbocycles. The molecule has 4 atom stereocenters. The lowest BCUT2D eigenvalue weighted by Crippen LogP contribution is -2.65. The zero-order valence-corrected chi connectivity index (χ0v) is 20.1. The van der Waals surface area contributed by atoms with Gasteiger partial charge >= 0.3 is 14.3 Å². The number of hydrogen-bond donors (Lipinski definition) is 1. The first-order chi connectivity index (χ1) is 12.3. The first-order valence-corrected chi connectivity index (χ1v) is 12.3. The maximum absolute atomic E-state index is 12.3. The number of aryl methyl sites for hydroxylation is 1. The molecule has 0 unspecified atom stereocenters. The van der Waals surface area contributed by atoms with Crippen LogP contribution < -0.4 is 11.2 Å². The fourth-order valence-corrected chi connectivity index (χ4v) is 10.7. The van der Waals surface area contributed by atoms with Crippen molar-refractivity contribution in [3.8, 4) is 0 Å². The summed E-state index contributed by atoms with van der Waals surface area (Å²) in [5.41, 5.74) is -0.364. The van der Waals surface area contributed by atoms with Gasteiger partial charge < -0.3 is 13.6 Å². The Labute approximate surface area is 174 Å². The molecular weight excluding hydrogens is 479 g/mol. The second-order valence-electron chi connectivity index (χ2n) is 9.50. The number of alkyl halides is 1. The van der Waals surface area contributed by atoms with Gasteiger partial charge in [-0.15, -0.1) is 0 Å². The zero-order valence-electron chi connectivity index (χ0n) is 17.0. The lowest BCUT2D eigenvalue weighted by Gasteiger charge is -2.53. The molecule has 0 radical (unpaired) electrons. The van der Waals surface area contributed by atoms with E-state index in [1.165, 1.54) is 4.57 Å². The van der Waals surface area contributed by atoms with Crippen LogP contribution in [-0.2, 0) is 13.6 Å². The molecule has 152 valence electrons. The molecule has 7 nitrogen and oxygen atoms in total. The lowest BCUT2D eigenvalue weighted by atomic mass is 10.2. The summed E-state index contributed by atoms with van der Waals surface area (Å²) in [7, 11) is -2.61. The van der Waals surface area contributed by atoms with Gasteiger partial charge in [0, 0.05) is 21.8 Å². The van der Waals surface area contributed by atoms with Gasteiger partial charge in [0.05, 0.1) is 16.6 Å². The number of fused-ring (bicyclic) bond motifs is 1. The van der Waals surface area contributed by atoms with E-state index >= 15 is 0 Å². The summed E-state index contributed by atoms with van der Waals surface area (Å²) in [6.07, 6.45) is 0.667. The van der Waals surface area contributed by atoms with Gasteiger partial charge in [-0.2, -0.15) is 0 Å². The van der Waals surface area contributed by atoms with Gasteiger partial charge in [-0.3, -0.25) is 14.3 Å². The quantitative estimate of drug-likeness (QED) is 0.359. The number of nitrogens with one attached hydrogen (secondary N) is 1. The summed E-state index contributed by atoms with van der Waals surface area (Å²) >= 11 is 2.31. The van der Waals surface area contributed by atoms with Crippen molar-refractivity contribution in [2.45, 2.75) is 80.9 Å². The molecule has 1 aromatic rings. The molecule has 2 saturated heterocycles. The average molecular weight is 508 g/mol. The molecule has 0 amide bonds. The van der Waals surface area contributed by atoms with Crippen molar-refractivity contribution in [2.75, 3.05) is 6.61 Å². The largest absolute Gasteiger partial charge is 0.391 e. The normalized spacial score (nSPS) is 31.0. The molecule has 0 aliphatic carbocycles. The molecule has 27 heavy (non-hydrogen) atoms. The predicted octanol–water partition coefficient (Wildman–Crippen LogP) is 3.00. The number of halogens is 1. The Morgan fingerprint density at radius 1 is 1.19 bits per heavy atom. The highest BCUT2D eigenvalue weighted by molar-refractivity contribution is 14.1. The molecule has 2 aliphatic heterocycles. The van der Waals surface area contributed by atoms with Crippen molar-refractivity contribution in [3.05, 3.63) is 32.6 Å². The van der Waals surface area contributed by atoms with Crippen LogP contribution in [0.1, 0.15) is 53.3 Å². The van der Waals surface area contributed by atoms with E-state index in [0.29, 0.717) is 12.2 Å². The van der Waals surface area contributed by atoms with Gasteiger partial charge in [-0.25, -0.2) is 4.79 Å². The van der Waals surface area contributed by atoms with Gasteiger partial charge in [0.15, 0.2) is 6.23 Å². The summed E-state index contributed by atoms with van der Waals surface area (Å²) in [4.78, 5) is 26.4. The highest BCUT2D eigenvalue weighted by Crippen LogP contribution is 2.56. The lowest BCUT2D eigenvalue weighted by molar-refractivity contribution is -0.0809. The van der Waals surface area contributed by atoms with Gasteiger partial charge in [-0.05, 0) is 6.92 Å². The topological polar surface area (TPSA) is 82.6 Å². The van der Waals surface area contributed by atoms with Crippen molar-refractivity contribution >= 4 is 31.2 Å². The molecule has 0 spiro atoms. The minimum absolute atomic E-state index is 0.0731. The number of aromatic amines is 1. The Morgan fingerprint density at radius 3 is 2.33 bits per heavy atom. The maximum Gasteiger partial charge on any atom is 0.349 e. The predicted molar refractivity (Wildman–Crippen MR) is 114 cm³/mol. The van der Waals surface area contributed by atoms with Crippen LogP contribution in [0.3, 0.4) is 0 Å². The van der Waals surface area contributed by atoms with Crippen LogP contribution in [0.25, 0.3) is 0 Å². The summed E-state index contributed by atoms with van der Waals surface area (Å²) in [6, 6.07) is 0. The number of rotatable bonds is 1. The van der Waals surface area contributed by atoms with Crippen LogP contribution >= 0.6 is 22.6 Å². The molecule has 3 rings (SSSR count). The van der Waals surface area contributed by atoms with Crippen LogP contribution in [0.15, 0.2) is 15.8 Å². The maximum atomic E-state index is 12.3. The summed E-state index contributed by atoms with van der Waals surface area (Å²) in [5, 5.41) is -0.230. The molecule has 2 aliphatic rings. The van der Waals surface area contributed by atoms with Crippen molar-refractivity contribution < 1.29 is 13.6 Å². The average Bonchev–Trinajstić information content (AvgIpc) is 2.85. The van der Waals surface area contributed by atoms with Crippen LogP contribution in [0.5, 0.6) is 0 Å². The second-order valence-corrected chi connectivity index (χ2v) is 15.7. The summed E-state index contributed by atoms with van der Waals surface area (Å²) in [5.74, 6) is 0. The molecule has 1 aromatic heterocycles. The van der Waals surface area contributed by atoms with Crippen molar-refractivity contribution in [1.82, 2.24) is 9.55 Å². The van der Waals surface area contributed by atoms with Gasteiger partial charge in [-0.1, -0.05) is 64.1 Å². The number of nitrogens with zero attached hydrogens (tertiary/aromatic N) is 1. The van der Waals surface area contributed by atoms with E-state index in [2.05, 4.69) is 69.1 Å². The third kappa shape index (κ3) is 3.39. The van der Waals surface area contributed by atoms with E-state index in [9.17, 15) is 9.59 Å². The van der Waals surface area contributed by atoms with Crippen molar-refractivity contribution in [1.29, 1.82) is 0 Å². The first kappa shape index (κ1) is 21.2. The van der Waals surface area contributed by atoms with Crippen molar-refractivity contribution in [3.63, 3.8) is 0 Å². The molecular formula is C18H29IN2O5Si.